The van der Waals surface area contributed by atoms with Gasteiger partial charge in [0.15, 0.2) is 0 Å². The minimum absolute atomic E-state index is 0.293. The first-order valence-electron chi connectivity index (χ1n) is 6.20. The zero-order valence-corrected chi connectivity index (χ0v) is 10.2. The number of benzene rings is 1. The van der Waals surface area contributed by atoms with Crippen molar-refractivity contribution in [1.82, 2.24) is 0 Å². The summed E-state index contributed by atoms with van der Waals surface area (Å²) in [5.41, 5.74) is 7.78. The fourth-order valence-corrected chi connectivity index (χ4v) is 2.30. The van der Waals surface area contributed by atoms with Crippen LogP contribution < -0.4 is 5.73 Å². The summed E-state index contributed by atoms with van der Waals surface area (Å²) in [5.74, 6) is 0.253. The number of hydrogen-bond donors (Lipinski definition) is 1. The van der Waals surface area contributed by atoms with Gasteiger partial charge in [-0.3, -0.25) is 0 Å². The van der Waals surface area contributed by atoms with Crippen LogP contribution in [0.1, 0.15) is 41.6 Å². The van der Waals surface area contributed by atoms with Gasteiger partial charge in [0.1, 0.15) is 0 Å². The summed E-state index contributed by atoms with van der Waals surface area (Å²) in [6.07, 6.45) is 4.87. The molecule has 1 saturated carbocycles. The highest BCUT2D eigenvalue weighted by molar-refractivity contribution is 5.95. The maximum absolute atomic E-state index is 11.9. The molecule has 1 aromatic rings. The first-order valence-corrected chi connectivity index (χ1v) is 6.20. The summed E-state index contributed by atoms with van der Waals surface area (Å²) in [5, 5.41) is 0. The van der Waals surface area contributed by atoms with Gasteiger partial charge in [-0.1, -0.05) is 24.5 Å². The van der Waals surface area contributed by atoms with Crippen molar-refractivity contribution in [1.29, 1.82) is 0 Å². The third kappa shape index (κ3) is 2.99. The lowest BCUT2D eigenvalue weighted by atomic mass is 10.1. The quantitative estimate of drug-likeness (QED) is 0.645. The van der Waals surface area contributed by atoms with Crippen molar-refractivity contribution >= 4 is 11.7 Å². The monoisotopic (exact) mass is 233 g/mol. The Morgan fingerprint density at radius 3 is 2.82 bits per heavy atom. The lowest BCUT2D eigenvalue weighted by Crippen LogP contribution is -2.13. The molecule has 0 unspecified atom stereocenters. The Hall–Kier alpha value is -1.51. The van der Waals surface area contributed by atoms with Crippen LogP contribution in [-0.2, 0) is 4.74 Å². The zero-order chi connectivity index (χ0) is 12.3. The topological polar surface area (TPSA) is 52.3 Å². The number of nitrogens with two attached hydrogens (primary N) is 1. The molecule has 0 amide bonds. The summed E-state index contributed by atoms with van der Waals surface area (Å²) in [6, 6.07) is 5.43. The normalized spacial score (nSPS) is 16.1. The van der Waals surface area contributed by atoms with E-state index in [1.165, 1.54) is 25.7 Å². The Morgan fingerprint density at radius 1 is 1.41 bits per heavy atom. The van der Waals surface area contributed by atoms with Crippen LogP contribution in [0, 0.1) is 12.8 Å². The van der Waals surface area contributed by atoms with Gasteiger partial charge in [-0.2, -0.15) is 0 Å². The second-order valence-electron chi connectivity index (χ2n) is 4.84. The van der Waals surface area contributed by atoms with Gasteiger partial charge in [0.2, 0.25) is 0 Å². The molecule has 0 saturated heterocycles. The number of rotatable bonds is 3. The zero-order valence-electron chi connectivity index (χ0n) is 10.2. The minimum atomic E-state index is -0.293. The standard InChI is InChI=1S/C14H19NO2/c1-10-6-7-13(15)12(8-10)14(16)17-9-11-4-2-3-5-11/h6-8,11H,2-5,9,15H2,1H3. The van der Waals surface area contributed by atoms with E-state index in [1.807, 2.05) is 13.0 Å². The second kappa shape index (κ2) is 5.21. The molecule has 1 aliphatic rings. The van der Waals surface area contributed by atoms with Crippen LogP contribution in [0.25, 0.3) is 0 Å². The highest BCUT2D eigenvalue weighted by Gasteiger charge is 2.18. The smallest absolute Gasteiger partial charge is 0.340 e. The van der Waals surface area contributed by atoms with Gasteiger partial charge in [-0.25, -0.2) is 4.79 Å². The molecule has 0 spiro atoms. The highest BCUT2D eigenvalue weighted by atomic mass is 16.5. The minimum Gasteiger partial charge on any atom is -0.462 e. The fraction of sp³-hybridized carbons (Fsp3) is 0.500. The van der Waals surface area contributed by atoms with Gasteiger partial charge >= 0.3 is 5.97 Å². The van der Waals surface area contributed by atoms with Crippen LogP contribution in [0.15, 0.2) is 18.2 Å². The Balaban J connectivity index is 1.96. The molecule has 3 nitrogen and oxygen atoms in total. The van der Waals surface area contributed by atoms with Gasteiger partial charge in [-0.05, 0) is 37.8 Å². The Bertz CT molecular complexity index is 409. The molecule has 0 atom stereocenters. The third-order valence-electron chi connectivity index (χ3n) is 3.35. The summed E-state index contributed by atoms with van der Waals surface area (Å²) >= 11 is 0. The lowest BCUT2D eigenvalue weighted by molar-refractivity contribution is 0.0443. The van der Waals surface area contributed by atoms with Crippen molar-refractivity contribution in [2.75, 3.05) is 12.3 Å². The molecule has 3 heteroatoms. The van der Waals surface area contributed by atoms with Crippen LogP contribution in [0.2, 0.25) is 0 Å². The molecular weight excluding hydrogens is 214 g/mol. The van der Waals surface area contributed by atoms with Gasteiger partial charge in [0, 0.05) is 5.69 Å². The van der Waals surface area contributed by atoms with Crippen molar-refractivity contribution in [2.24, 2.45) is 5.92 Å². The number of nitrogen functional groups attached to an aromatic ring is 1. The molecule has 0 bridgehead atoms. The largest absolute Gasteiger partial charge is 0.462 e. The van der Waals surface area contributed by atoms with Crippen LogP contribution in [0.5, 0.6) is 0 Å². The number of hydrogen-bond acceptors (Lipinski definition) is 3. The average Bonchev–Trinajstić information content (AvgIpc) is 2.82. The van der Waals surface area contributed by atoms with Gasteiger partial charge in [0.05, 0.1) is 12.2 Å². The maximum atomic E-state index is 11.9. The molecule has 0 aliphatic heterocycles. The SMILES string of the molecule is Cc1ccc(N)c(C(=O)OCC2CCCC2)c1. The number of aryl methyl sites for hydroxylation is 1. The van der Waals surface area contributed by atoms with E-state index in [1.54, 1.807) is 12.1 Å². The van der Waals surface area contributed by atoms with E-state index in [-0.39, 0.29) is 5.97 Å². The van der Waals surface area contributed by atoms with Crippen LogP contribution in [0.3, 0.4) is 0 Å². The van der Waals surface area contributed by atoms with E-state index in [0.717, 1.165) is 5.56 Å². The molecule has 1 aliphatic carbocycles. The van der Waals surface area contributed by atoms with E-state index in [0.29, 0.717) is 23.8 Å². The van der Waals surface area contributed by atoms with Crippen molar-refractivity contribution < 1.29 is 9.53 Å². The molecule has 0 heterocycles. The molecule has 92 valence electrons. The number of anilines is 1. The summed E-state index contributed by atoms with van der Waals surface area (Å²) < 4.78 is 5.33. The van der Waals surface area contributed by atoms with E-state index in [4.69, 9.17) is 10.5 Å². The van der Waals surface area contributed by atoms with Crippen LogP contribution in [0.4, 0.5) is 5.69 Å². The van der Waals surface area contributed by atoms with Gasteiger partial charge in [-0.15, -0.1) is 0 Å². The molecule has 17 heavy (non-hydrogen) atoms. The van der Waals surface area contributed by atoms with Crippen molar-refractivity contribution in [3.63, 3.8) is 0 Å². The maximum Gasteiger partial charge on any atom is 0.340 e. The lowest BCUT2D eigenvalue weighted by Gasteiger charge is -2.11. The predicted molar refractivity (Wildman–Crippen MR) is 67.8 cm³/mol. The Morgan fingerprint density at radius 2 is 2.12 bits per heavy atom. The third-order valence-corrected chi connectivity index (χ3v) is 3.35. The van der Waals surface area contributed by atoms with Crippen molar-refractivity contribution in [2.45, 2.75) is 32.6 Å². The van der Waals surface area contributed by atoms with Crippen LogP contribution >= 0.6 is 0 Å². The molecule has 1 fully saturated rings. The summed E-state index contributed by atoms with van der Waals surface area (Å²) in [4.78, 5) is 11.9. The average molecular weight is 233 g/mol. The van der Waals surface area contributed by atoms with Crippen LogP contribution in [-0.4, -0.2) is 12.6 Å². The molecule has 1 aromatic carbocycles. The van der Waals surface area contributed by atoms with E-state index < -0.39 is 0 Å². The van der Waals surface area contributed by atoms with Gasteiger partial charge < -0.3 is 10.5 Å². The number of carbonyl (C=O) groups is 1. The van der Waals surface area contributed by atoms with E-state index in [9.17, 15) is 4.79 Å². The van der Waals surface area contributed by atoms with E-state index in [2.05, 4.69) is 0 Å². The Labute approximate surface area is 102 Å². The highest BCUT2D eigenvalue weighted by Crippen LogP contribution is 2.25. The first-order chi connectivity index (χ1) is 8.16. The molecule has 2 rings (SSSR count). The fourth-order valence-electron chi connectivity index (χ4n) is 2.30. The van der Waals surface area contributed by atoms with E-state index >= 15 is 0 Å². The summed E-state index contributed by atoms with van der Waals surface area (Å²) in [7, 11) is 0. The first kappa shape index (κ1) is 12.0. The summed E-state index contributed by atoms with van der Waals surface area (Å²) in [6.45, 7) is 2.47. The van der Waals surface area contributed by atoms with Gasteiger partial charge in [0.25, 0.3) is 0 Å². The molecule has 0 aromatic heterocycles. The second-order valence-corrected chi connectivity index (χ2v) is 4.84. The molecule has 2 N–H and O–H groups in total. The molecule has 0 radical (unpaired) electrons. The van der Waals surface area contributed by atoms with Crippen molar-refractivity contribution in [3.8, 4) is 0 Å². The molecular formula is C14H19NO2. The van der Waals surface area contributed by atoms with Crippen molar-refractivity contribution in [3.05, 3.63) is 29.3 Å². The number of esters is 1. The Kier molecular flexibility index (Phi) is 3.67. The number of carbonyl (C=O) groups excluding carboxylic acids is 1. The number of ether oxygens (including phenoxy) is 1. The predicted octanol–water partition coefficient (Wildman–Crippen LogP) is 2.92.